The van der Waals surface area contributed by atoms with Gasteiger partial charge in [-0.3, -0.25) is 9.59 Å². The van der Waals surface area contributed by atoms with E-state index in [9.17, 15) is 14.0 Å². The van der Waals surface area contributed by atoms with Gasteiger partial charge >= 0.3 is 0 Å². The van der Waals surface area contributed by atoms with Crippen LogP contribution in [0.1, 0.15) is 19.8 Å². The molecule has 0 saturated carbocycles. The Hall–Kier alpha value is -1.82. The molecule has 0 spiro atoms. The van der Waals surface area contributed by atoms with Gasteiger partial charge in [0.25, 0.3) is 5.91 Å². The summed E-state index contributed by atoms with van der Waals surface area (Å²) in [6.45, 7) is 2.00. The molecule has 1 aromatic rings. The van der Waals surface area contributed by atoms with Crippen LogP contribution in [0.5, 0.6) is 5.75 Å². The monoisotopic (exact) mass is 328 g/mol. The van der Waals surface area contributed by atoms with E-state index in [4.69, 9.17) is 22.1 Å². The quantitative estimate of drug-likeness (QED) is 0.918. The highest BCUT2D eigenvalue weighted by molar-refractivity contribution is 6.32. The SMILES string of the molecule is C[C@@H]1CC[C@H](C(N)=O)CN1C(=O)COc1ccc(F)cc1Cl. The molecule has 1 aliphatic heterocycles. The van der Waals surface area contributed by atoms with Crippen LogP contribution in [0.2, 0.25) is 5.02 Å². The molecule has 0 unspecified atom stereocenters. The van der Waals surface area contributed by atoms with Crippen molar-refractivity contribution in [3.63, 3.8) is 0 Å². The molecule has 1 fully saturated rings. The van der Waals surface area contributed by atoms with Gasteiger partial charge in [0.2, 0.25) is 5.91 Å². The molecule has 7 heteroatoms. The van der Waals surface area contributed by atoms with E-state index >= 15 is 0 Å². The summed E-state index contributed by atoms with van der Waals surface area (Å²) in [6.07, 6.45) is 1.40. The molecule has 1 aromatic carbocycles. The Morgan fingerprint density at radius 2 is 2.18 bits per heavy atom. The third-order valence-electron chi connectivity index (χ3n) is 3.85. The molecule has 1 saturated heterocycles. The van der Waals surface area contributed by atoms with Crippen LogP contribution in [0.15, 0.2) is 18.2 Å². The summed E-state index contributed by atoms with van der Waals surface area (Å²) < 4.78 is 18.3. The molecule has 22 heavy (non-hydrogen) atoms. The number of halogens is 2. The number of piperidine rings is 1. The van der Waals surface area contributed by atoms with Gasteiger partial charge in [-0.15, -0.1) is 0 Å². The molecular weight excluding hydrogens is 311 g/mol. The minimum atomic E-state index is -0.474. The van der Waals surface area contributed by atoms with Crippen molar-refractivity contribution in [2.24, 2.45) is 11.7 Å². The first-order chi connectivity index (χ1) is 10.4. The summed E-state index contributed by atoms with van der Waals surface area (Å²) in [7, 11) is 0. The molecule has 2 atom stereocenters. The second-order valence-corrected chi connectivity index (χ2v) is 5.84. The molecule has 2 rings (SSSR count). The molecule has 0 aromatic heterocycles. The van der Waals surface area contributed by atoms with E-state index < -0.39 is 11.7 Å². The number of hydrogen-bond acceptors (Lipinski definition) is 3. The average molecular weight is 329 g/mol. The first-order valence-electron chi connectivity index (χ1n) is 7.05. The smallest absolute Gasteiger partial charge is 0.260 e. The number of carbonyl (C=O) groups is 2. The van der Waals surface area contributed by atoms with Crippen molar-refractivity contribution >= 4 is 23.4 Å². The first-order valence-corrected chi connectivity index (χ1v) is 7.43. The number of nitrogens with two attached hydrogens (primary N) is 1. The predicted octanol–water partition coefficient (Wildman–Crippen LogP) is 1.97. The van der Waals surface area contributed by atoms with Gasteiger partial charge in [0.05, 0.1) is 10.9 Å². The fourth-order valence-corrected chi connectivity index (χ4v) is 2.72. The number of amides is 2. The van der Waals surface area contributed by atoms with E-state index in [1.807, 2.05) is 6.92 Å². The average Bonchev–Trinajstić information content (AvgIpc) is 2.46. The van der Waals surface area contributed by atoms with E-state index in [2.05, 4.69) is 0 Å². The molecule has 0 radical (unpaired) electrons. The maximum absolute atomic E-state index is 12.9. The van der Waals surface area contributed by atoms with Crippen LogP contribution in [-0.2, 0) is 9.59 Å². The van der Waals surface area contributed by atoms with Crippen LogP contribution in [0.3, 0.4) is 0 Å². The van der Waals surface area contributed by atoms with Gasteiger partial charge in [-0.2, -0.15) is 0 Å². The minimum absolute atomic E-state index is 0.0235. The Morgan fingerprint density at radius 3 is 2.82 bits per heavy atom. The van der Waals surface area contributed by atoms with Crippen molar-refractivity contribution < 1.29 is 18.7 Å². The summed E-state index contributed by atoms with van der Waals surface area (Å²) >= 11 is 5.84. The maximum Gasteiger partial charge on any atom is 0.260 e. The first kappa shape index (κ1) is 16.5. The molecule has 5 nitrogen and oxygen atoms in total. The molecule has 120 valence electrons. The lowest BCUT2D eigenvalue weighted by atomic mass is 9.93. The van der Waals surface area contributed by atoms with E-state index in [0.29, 0.717) is 13.0 Å². The number of rotatable bonds is 4. The number of hydrogen-bond donors (Lipinski definition) is 1. The van der Waals surface area contributed by atoms with Gasteiger partial charge in [0.1, 0.15) is 11.6 Å². The van der Waals surface area contributed by atoms with Crippen molar-refractivity contribution in [2.75, 3.05) is 13.2 Å². The highest BCUT2D eigenvalue weighted by Crippen LogP contribution is 2.26. The van der Waals surface area contributed by atoms with E-state index in [0.717, 1.165) is 12.5 Å². The lowest BCUT2D eigenvalue weighted by Gasteiger charge is -2.36. The van der Waals surface area contributed by atoms with Crippen molar-refractivity contribution in [3.8, 4) is 5.75 Å². The second-order valence-electron chi connectivity index (χ2n) is 5.44. The van der Waals surface area contributed by atoms with Crippen molar-refractivity contribution in [2.45, 2.75) is 25.8 Å². The Bertz CT molecular complexity index is 582. The lowest BCUT2D eigenvalue weighted by Crippen LogP contribution is -2.50. The highest BCUT2D eigenvalue weighted by Gasteiger charge is 2.31. The van der Waals surface area contributed by atoms with Crippen LogP contribution in [0, 0.1) is 11.7 Å². The van der Waals surface area contributed by atoms with Crippen LogP contribution in [0.4, 0.5) is 4.39 Å². The lowest BCUT2D eigenvalue weighted by molar-refractivity contribution is -0.139. The van der Waals surface area contributed by atoms with Gasteiger partial charge in [-0.05, 0) is 38.0 Å². The molecule has 1 heterocycles. The van der Waals surface area contributed by atoms with Crippen LogP contribution < -0.4 is 10.5 Å². The zero-order chi connectivity index (χ0) is 16.3. The maximum atomic E-state index is 12.9. The zero-order valence-corrected chi connectivity index (χ0v) is 13.0. The number of carbonyl (C=O) groups excluding carboxylic acids is 2. The summed E-state index contributed by atoms with van der Waals surface area (Å²) in [5, 5.41) is 0.106. The molecular formula is C15H18ClFN2O3. The van der Waals surface area contributed by atoms with E-state index in [1.54, 1.807) is 4.90 Å². The molecule has 2 amide bonds. The fraction of sp³-hybridized carbons (Fsp3) is 0.467. The normalized spacial score (nSPS) is 21.5. The Kier molecular flexibility index (Phi) is 5.24. The third-order valence-corrected chi connectivity index (χ3v) is 4.15. The van der Waals surface area contributed by atoms with Crippen molar-refractivity contribution in [1.82, 2.24) is 4.90 Å². The summed E-state index contributed by atoms with van der Waals surface area (Å²) in [5.41, 5.74) is 5.31. The molecule has 1 aliphatic rings. The van der Waals surface area contributed by atoms with Gasteiger partial charge in [0, 0.05) is 12.6 Å². The topological polar surface area (TPSA) is 72.6 Å². The largest absolute Gasteiger partial charge is 0.482 e. The number of primary amides is 1. The van der Waals surface area contributed by atoms with Gasteiger partial charge in [-0.25, -0.2) is 4.39 Å². The van der Waals surface area contributed by atoms with Crippen molar-refractivity contribution in [1.29, 1.82) is 0 Å². The van der Waals surface area contributed by atoms with E-state index in [-0.39, 0.29) is 35.2 Å². The standard InChI is InChI=1S/C15H18ClFN2O3/c1-9-2-3-10(15(18)21)7-19(9)14(20)8-22-13-5-4-11(17)6-12(13)16/h4-6,9-10H,2-3,7-8H2,1H3,(H2,18,21)/t9-,10+/m1/s1. The predicted molar refractivity (Wildman–Crippen MR) is 80.0 cm³/mol. The fourth-order valence-electron chi connectivity index (χ4n) is 2.50. The number of ether oxygens (including phenoxy) is 1. The number of likely N-dealkylation sites (tertiary alicyclic amines) is 1. The molecule has 2 N–H and O–H groups in total. The summed E-state index contributed by atoms with van der Waals surface area (Å²) in [6, 6.07) is 3.72. The molecule has 0 aliphatic carbocycles. The van der Waals surface area contributed by atoms with Gasteiger partial charge in [0.15, 0.2) is 6.61 Å². The minimum Gasteiger partial charge on any atom is -0.482 e. The summed E-state index contributed by atoms with van der Waals surface area (Å²) in [5.74, 6) is -1.20. The van der Waals surface area contributed by atoms with Crippen LogP contribution in [-0.4, -0.2) is 35.9 Å². The Labute approximate surface area is 133 Å². The van der Waals surface area contributed by atoms with Crippen LogP contribution >= 0.6 is 11.6 Å². The molecule has 0 bridgehead atoms. The van der Waals surface area contributed by atoms with Crippen molar-refractivity contribution in [3.05, 3.63) is 29.0 Å². The third kappa shape index (κ3) is 3.88. The highest BCUT2D eigenvalue weighted by atomic mass is 35.5. The number of nitrogens with zero attached hydrogens (tertiary/aromatic N) is 1. The zero-order valence-electron chi connectivity index (χ0n) is 12.2. The van der Waals surface area contributed by atoms with Crippen LogP contribution in [0.25, 0.3) is 0 Å². The summed E-state index contributed by atoms with van der Waals surface area (Å²) in [4.78, 5) is 25.1. The van der Waals surface area contributed by atoms with E-state index in [1.165, 1.54) is 12.1 Å². The Morgan fingerprint density at radius 1 is 1.45 bits per heavy atom. The second kappa shape index (κ2) is 6.96. The Balaban J connectivity index is 1.97. The van der Waals surface area contributed by atoms with Gasteiger partial charge in [-0.1, -0.05) is 11.6 Å². The van der Waals surface area contributed by atoms with Gasteiger partial charge < -0.3 is 15.4 Å². The number of benzene rings is 1.